The van der Waals surface area contributed by atoms with Crippen LogP contribution in [0.15, 0.2) is 0 Å². The summed E-state index contributed by atoms with van der Waals surface area (Å²) in [4.78, 5) is 43.0. The van der Waals surface area contributed by atoms with Gasteiger partial charge in [0.1, 0.15) is 11.6 Å². The first-order valence-electron chi connectivity index (χ1n) is 10.5. The van der Waals surface area contributed by atoms with Gasteiger partial charge in [-0.1, -0.05) is 0 Å². The zero-order valence-corrected chi connectivity index (χ0v) is 18.3. The molecule has 0 aliphatic carbocycles. The molecular formula is C20H37N5O4. The molecule has 1 atom stereocenters. The van der Waals surface area contributed by atoms with Gasteiger partial charge in [0.25, 0.3) is 0 Å². The number of nitrogens with two attached hydrogens (primary N) is 1. The van der Waals surface area contributed by atoms with Crippen molar-refractivity contribution in [1.82, 2.24) is 20.0 Å². The second kappa shape index (κ2) is 10.2. The molecule has 0 saturated carbocycles. The zero-order valence-electron chi connectivity index (χ0n) is 18.3. The van der Waals surface area contributed by atoms with Crippen LogP contribution in [0.2, 0.25) is 0 Å². The van der Waals surface area contributed by atoms with E-state index in [1.807, 2.05) is 0 Å². The summed E-state index contributed by atoms with van der Waals surface area (Å²) >= 11 is 0. The summed E-state index contributed by atoms with van der Waals surface area (Å²) in [7, 11) is 2.15. The molecule has 2 aliphatic heterocycles. The molecular weight excluding hydrogens is 374 g/mol. The largest absolute Gasteiger partial charge is 0.444 e. The Balaban J connectivity index is 1.90. The van der Waals surface area contributed by atoms with Crippen LogP contribution in [-0.2, 0) is 14.3 Å². The summed E-state index contributed by atoms with van der Waals surface area (Å²) in [5.41, 5.74) is 4.58. The van der Waals surface area contributed by atoms with E-state index in [1.54, 1.807) is 25.7 Å². The topological polar surface area (TPSA) is 108 Å². The molecule has 0 aromatic rings. The summed E-state index contributed by atoms with van der Waals surface area (Å²) < 4.78 is 5.27. The van der Waals surface area contributed by atoms with E-state index in [0.717, 1.165) is 39.0 Å². The number of likely N-dealkylation sites (tertiary alicyclic amines) is 1. The smallest absolute Gasteiger partial charge is 0.408 e. The van der Waals surface area contributed by atoms with E-state index in [-0.39, 0.29) is 18.7 Å². The SMILES string of the molecule is CN1CCC(N2CCN(C(=O)[C@@H](CCC(N)=O)NC(=O)OC(C)(C)C)CC2)CC1. The number of ether oxygens (including phenoxy) is 1. The molecule has 2 fully saturated rings. The van der Waals surface area contributed by atoms with Gasteiger partial charge >= 0.3 is 6.09 Å². The number of primary amides is 1. The third kappa shape index (κ3) is 7.81. The highest BCUT2D eigenvalue weighted by Gasteiger charge is 2.32. The van der Waals surface area contributed by atoms with Crippen molar-refractivity contribution in [3.05, 3.63) is 0 Å². The zero-order chi connectivity index (χ0) is 21.6. The maximum absolute atomic E-state index is 13.0. The van der Waals surface area contributed by atoms with Crippen molar-refractivity contribution in [2.75, 3.05) is 46.3 Å². The van der Waals surface area contributed by atoms with Crippen molar-refractivity contribution >= 4 is 17.9 Å². The summed E-state index contributed by atoms with van der Waals surface area (Å²) in [5, 5.41) is 2.63. The molecule has 0 aromatic carbocycles. The lowest BCUT2D eigenvalue weighted by Gasteiger charge is -2.42. The molecule has 2 aliphatic rings. The number of carbonyl (C=O) groups excluding carboxylic acids is 3. The molecule has 2 saturated heterocycles. The maximum atomic E-state index is 13.0. The fourth-order valence-corrected chi connectivity index (χ4v) is 3.88. The number of hydrogen-bond acceptors (Lipinski definition) is 6. The lowest BCUT2D eigenvalue weighted by Crippen LogP contribution is -2.57. The normalized spacial score (nSPS) is 20.9. The number of piperidine rings is 1. The van der Waals surface area contributed by atoms with Crippen LogP contribution in [0, 0.1) is 0 Å². The van der Waals surface area contributed by atoms with E-state index in [1.165, 1.54) is 0 Å². The Morgan fingerprint density at radius 2 is 1.66 bits per heavy atom. The van der Waals surface area contributed by atoms with Crippen LogP contribution in [0.1, 0.15) is 46.5 Å². The van der Waals surface area contributed by atoms with Crippen molar-refractivity contribution < 1.29 is 19.1 Å². The number of hydrogen-bond donors (Lipinski definition) is 2. The highest BCUT2D eigenvalue weighted by atomic mass is 16.6. The number of alkyl carbamates (subject to hydrolysis) is 1. The number of rotatable bonds is 6. The Morgan fingerprint density at radius 1 is 1.07 bits per heavy atom. The highest BCUT2D eigenvalue weighted by molar-refractivity contribution is 5.86. The first-order valence-corrected chi connectivity index (χ1v) is 10.5. The van der Waals surface area contributed by atoms with E-state index >= 15 is 0 Å². The van der Waals surface area contributed by atoms with Crippen molar-refractivity contribution in [2.45, 2.75) is 64.1 Å². The van der Waals surface area contributed by atoms with Gasteiger partial charge in [-0.2, -0.15) is 0 Å². The summed E-state index contributed by atoms with van der Waals surface area (Å²) in [6, 6.07) is -0.235. The monoisotopic (exact) mass is 411 g/mol. The quantitative estimate of drug-likeness (QED) is 0.654. The molecule has 2 heterocycles. The molecule has 29 heavy (non-hydrogen) atoms. The van der Waals surface area contributed by atoms with Gasteiger partial charge in [-0.15, -0.1) is 0 Å². The average molecular weight is 412 g/mol. The molecule has 0 spiro atoms. The third-order valence-electron chi connectivity index (χ3n) is 5.50. The second-order valence-corrected chi connectivity index (χ2v) is 9.10. The Kier molecular flexibility index (Phi) is 8.27. The van der Waals surface area contributed by atoms with Gasteiger partial charge in [-0.25, -0.2) is 4.79 Å². The molecule has 9 heteroatoms. The van der Waals surface area contributed by atoms with Gasteiger partial charge < -0.3 is 25.6 Å². The maximum Gasteiger partial charge on any atom is 0.408 e. The number of amides is 3. The molecule has 166 valence electrons. The van der Waals surface area contributed by atoms with E-state index in [9.17, 15) is 14.4 Å². The minimum Gasteiger partial charge on any atom is -0.444 e. The fraction of sp³-hybridized carbons (Fsp3) is 0.850. The Morgan fingerprint density at radius 3 is 2.17 bits per heavy atom. The van der Waals surface area contributed by atoms with E-state index in [2.05, 4.69) is 22.2 Å². The standard InChI is InChI=1S/C20H37N5O4/c1-20(2,3)29-19(28)22-16(5-6-17(21)26)18(27)25-13-11-24(12-14-25)15-7-9-23(4)10-8-15/h15-16H,5-14H2,1-4H3,(H2,21,26)(H,22,28)/t16-/m1/s1. The molecule has 0 radical (unpaired) electrons. The minimum absolute atomic E-state index is 0.0295. The van der Waals surface area contributed by atoms with Gasteiger partial charge in [-0.05, 0) is 60.2 Å². The number of nitrogens with one attached hydrogen (secondary N) is 1. The summed E-state index contributed by atoms with van der Waals surface area (Å²) in [6.07, 6.45) is 1.85. The molecule has 0 bridgehead atoms. The summed E-state index contributed by atoms with van der Waals surface area (Å²) in [5.74, 6) is -0.680. The predicted octanol–water partition coefficient (Wildman–Crippen LogP) is 0.384. The average Bonchev–Trinajstić information content (AvgIpc) is 2.64. The minimum atomic E-state index is -0.813. The molecule has 3 N–H and O–H groups in total. The Bertz CT molecular complexity index is 576. The molecule has 9 nitrogen and oxygen atoms in total. The molecule has 0 unspecified atom stereocenters. The van der Waals surface area contributed by atoms with Crippen LogP contribution in [0.25, 0.3) is 0 Å². The van der Waals surface area contributed by atoms with Gasteiger partial charge in [0.15, 0.2) is 0 Å². The highest BCUT2D eigenvalue weighted by Crippen LogP contribution is 2.18. The lowest BCUT2D eigenvalue weighted by molar-refractivity contribution is -0.136. The molecule has 2 rings (SSSR count). The van der Waals surface area contributed by atoms with E-state index < -0.39 is 23.6 Å². The first-order chi connectivity index (χ1) is 13.5. The van der Waals surface area contributed by atoms with Crippen molar-refractivity contribution in [3.8, 4) is 0 Å². The van der Waals surface area contributed by atoms with Crippen molar-refractivity contribution in [3.63, 3.8) is 0 Å². The predicted molar refractivity (Wildman–Crippen MR) is 110 cm³/mol. The molecule has 0 aromatic heterocycles. The Labute approximate surface area is 173 Å². The van der Waals surface area contributed by atoms with Crippen molar-refractivity contribution in [1.29, 1.82) is 0 Å². The summed E-state index contributed by atoms with van der Waals surface area (Å²) in [6.45, 7) is 10.4. The Hall–Kier alpha value is -1.87. The van der Waals surface area contributed by atoms with Crippen molar-refractivity contribution in [2.24, 2.45) is 5.73 Å². The van der Waals surface area contributed by atoms with Gasteiger partial charge in [0.2, 0.25) is 11.8 Å². The van der Waals surface area contributed by atoms with Gasteiger partial charge in [-0.3, -0.25) is 14.5 Å². The van der Waals surface area contributed by atoms with Crippen LogP contribution in [0.3, 0.4) is 0 Å². The lowest BCUT2D eigenvalue weighted by atomic mass is 10.0. The van der Waals surface area contributed by atoms with E-state index in [4.69, 9.17) is 10.5 Å². The molecule has 3 amide bonds. The van der Waals surface area contributed by atoms with E-state index in [0.29, 0.717) is 19.1 Å². The van der Waals surface area contributed by atoms with Gasteiger partial charge in [0.05, 0.1) is 0 Å². The fourth-order valence-electron chi connectivity index (χ4n) is 3.88. The van der Waals surface area contributed by atoms with Crippen LogP contribution in [0.5, 0.6) is 0 Å². The number of piperazine rings is 1. The number of nitrogens with zero attached hydrogens (tertiary/aromatic N) is 3. The van der Waals surface area contributed by atoms with Gasteiger partial charge in [0, 0.05) is 38.6 Å². The van der Waals surface area contributed by atoms with Crippen LogP contribution in [0.4, 0.5) is 4.79 Å². The first kappa shape index (κ1) is 23.4. The third-order valence-corrected chi connectivity index (χ3v) is 5.50. The van der Waals surface area contributed by atoms with Crippen LogP contribution >= 0.6 is 0 Å². The van der Waals surface area contributed by atoms with Crippen LogP contribution in [-0.4, -0.2) is 96.6 Å². The van der Waals surface area contributed by atoms with Crippen LogP contribution < -0.4 is 11.1 Å². The second-order valence-electron chi connectivity index (χ2n) is 9.10. The number of carbonyl (C=O) groups is 3.